The van der Waals surface area contributed by atoms with Gasteiger partial charge in [0.15, 0.2) is 0 Å². The van der Waals surface area contributed by atoms with E-state index in [1.54, 1.807) is 0 Å². The fourth-order valence-corrected chi connectivity index (χ4v) is 1.51. The molecule has 1 aliphatic carbocycles. The zero-order chi connectivity index (χ0) is 13.0. The highest BCUT2D eigenvalue weighted by atomic mass is 16.4. The lowest BCUT2D eigenvalue weighted by molar-refractivity contribution is -0.133. The van der Waals surface area contributed by atoms with Crippen molar-refractivity contribution in [3.05, 3.63) is 11.1 Å². The molecule has 1 aliphatic rings. The number of amides is 1. The highest BCUT2D eigenvalue weighted by Gasteiger charge is 2.25. The molecule has 0 aromatic rings. The maximum Gasteiger partial charge on any atom is 0.331 e. The van der Waals surface area contributed by atoms with Gasteiger partial charge in [-0.25, -0.2) is 4.79 Å². The molecule has 96 valence electrons. The van der Waals surface area contributed by atoms with E-state index in [1.807, 2.05) is 7.05 Å². The average Bonchev–Trinajstić information content (AvgIpc) is 3.10. The van der Waals surface area contributed by atoms with Crippen molar-refractivity contribution < 1.29 is 14.7 Å². The Hall–Kier alpha value is -1.36. The van der Waals surface area contributed by atoms with Gasteiger partial charge in [0.05, 0.1) is 0 Å². The molecule has 5 nitrogen and oxygen atoms in total. The second kappa shape index (κ2) is 5.82. The molecule has 0 spiro atoms. The Labute approximate surface area is 101 Å². The Morgan fingerprint density at radius 2 is 1.88 bits per heavy atom. The van der Waals surface area contributed by atoms with E-state index in [1.165, 1.54) is 26.7 Å². The van der Waals surface area contributed by atoms with E-state index >= 15 is 0 Å². The summed E-state index contributed by atoms with van der Waals surface area (Å²) in [5.41, 5.74) is 0.365. The molecule has 0 atom stereocenters. The van der Waals surface area contributed by atoms with Gasteiger partial charge in [0.1, 0.15) is 0 Å². The number of carbonyl (C=O) groups is 2. The topological polar surface area (TPSA) is 69.6 Å². The number of likely N-dealkylation sites (N-methyl/N-ethyl adjacent to an activating group) is 1. The van der Waals surface area contributed by atoms with E-state index in [0.29, 0.717) is 12.6 Å². The third-order valence-corrected chi connectivity index (χ3v) is 3.14. The van der Waals surface area contributed by atoms with Gasteiger partial charge >= 0.3 is 5.97 Å². The van der Waals surface area contributed by atoms with Crippen LogP contribution in [0, 0.1) is 0 Å². The van der Waals surface area contributed by atoms with Crippen molar-refractivity contribution in [2.45, 2.75) is 32.7 Å². The minimum atomic E-state index is -1.05. The van der Waals surface area contributed by atoms with Crippen molar-refractivity contribution in [2.75, 3.05) is 20.1 Å². The Morgan fingerprint density at radius 1 is 1.29 bits per heavy atom. The molecule has 0 radical (unpaired) electrons. The predicted octanol–water partition coefficient (Wildman–Crippen LogP) is 0.618. The molecule has 0 aromatic carbocycles. The number of carbonyl (C=O) groups excluding carboxylic acids is 1. The summed E-state index contributed by atoms with van der Waals surface area (Å²) in [6, 6.07) is 0.671. The molecule has 0 unspecified atom stereocenters. The van der Waals surface area contributed by atoms with Crippen molar-refractivity contribution in [3.63, 3.8) is 0 Å². The highest BCUT2D eigenvalue weighted by molar-refractivity contribution is 6.01. The number of nitrogens with zero attached hydrogens (tertiary/aromatic N) is 1. The number of hydrogen-bond donors (Lipinski definition) is 2. The van der Waals surface area contributed by atoms with Gasteiger partial charge in [0, 0.05) is 30.3 Å². The van der Waals surface area contributed by atoms with Gasteiger partial charge in [-0.1, -0.05) is 0 Å². The minimum absolute atomic E-state index is 0.0954. The van der Waals surface area contributed by atoms with Crippen LogP contribution in [-0.4, -0.2) is 48.1 Å². The van der Waals surface area contributed by atoms with E-state index in [2.05, 4.69) is 10.2 Å². The molecule has 0 aliphatic heterocycles. The molecule has 0 aromatic heterocycles. The number of nitrogens with one attached hydrogen (secondary N) is 1. The number of carboxylic acid groups (broad SMARTS) is 1. The molecule has 0 bridgehead atoms. The second-order valence-corrected chi connectivity index (χ2v) is 4.52. The van der Waals surface area contributed by atoms with Crippen LogP contribution in [0.15, 0.2) is 11.1 Å². The molecule has 1 saturated carbocycles. The van der Waals surface area contributed by atoms with Gasteiger partial charge in [-0.2, -0.15) is 0 Å². The van der Waals surface area contributed by atoms with Crippen molar-refractivity contribution in [2.24, 2.45) is 0 Å². The SMILES string of the molecule is CC(C(=O)O)=C(C)C(=O)NCCN(C)C1CC1. The zero-order valence-electron chi connectivity index (χ0n) is 10.6. The summed E-state index contributed by atoms with van der Waals surface area (Å²) in [6.07, 6.45) is 2.48. The van der Waals surface area contributed by atoms with Crippen LogP contribution in [0.2, 0.25) is 0 Å². The van der Waals surface area contributed by atoms with Gasteiger partial charge in [0.25, 0.3) is 0 Å². The Kier molecular flexibility index (Phi) is 4.69. The van der Waals surface area contributed by atoms with E-state index in [9.17, 15) is 9.59 Å². The van der Waals surface area contributed by atoms with Crippen LogP contribution in [0.4, 0.5) is 0 Å². The molecule has 0 saturated heterocycles. The second-order valence-electron chi connectivity index (χ2n) is 4.52. The zero-order valence-corrected chi connectivity index (χ0v) is 10.6. The summed E-state index contributed by atoms with van der Waals surface area (Å²) < 4.78 is 0. The smallest absolute Gasteiger partial charge is 0.331 e. The van der Waals surface area contributed by atoms with E-state index < -0.39 is 5.97 Å². The molecule has 17 heavy (non-hydrogen) atoms. The molecule has 0 heterocycles. The summed E-state index contributed by atoms with van der Waals surface area (Å²) in [6.45, 7) is 4.32. The number of aliphatic carboxylic acids is 1. The predicted molar refractivity (Wildman–Crippen MR) is 64.7 cm³/mol. The lowest BCUT2D eigenvalue weighted by Crippen LogP contribution is -2.34. The minimum Gasteiger partial charge on any atom is -0.478 e. The molecule has 5 heteroatoms. The summed E-state index contributed by atoms with van der Waals surface area (Å²) in [4.78, 5) is 24.5. The molecular weight excluding hydrogens is 220 g/mol. The maximum absolute atomic E-state index is 11.6. The molecule has 1 fully saturated rings. The first-order valence-corrected chi connectivity index (χ1v) is 5.82. The monoisotopic (exact) mass is 240 g/mol. The van der Waals surface area contributed by atoms with Crippen molar-refractivity contribution >= 4 is 11.9 Å². The summed E-state index contributed by atoms with van der Waals surface area (Å²) in [5, 5.41) is 11.5. The lowest BCUT2D eigenvalue weighted by atomic mass is 10.1. The first-order chi connectivity index (χ1) is 7.93. The molecular formula is C12H20N2O3. The van der Waals surface area contributed by atoms with Gasteiger partial charge in [-0.15, -0.1) is 0 Å². The van der Waals surface area contributed by atoms with Crippen LogP contribution in [-0.2, 0) is 9.59 Å². The van der Waals surface area contributed by atoms with Crippen LogP contribution in [0.25, 0.3) is 0 Å². The fraction of sp³-hybridized carbons (Fsp3) is 0.667. The van der Waals surface area contributed by atoms with Crippen LogP contribution in [0.1, 0.15) is 26.7 Å². The van der Waals surface area contributed by atoms with Gasteiger partial charge in [-0.3, -0.25) is 4.79 Å². The largest absolute Gasteiger partial charge is 0.478 e. The van der Waals surface area contributed by atoms with Crippen LogP contribution in [0.5, 0.6) is 0 Å². The number of rotatable bonds is 6. The van der Waals surface area contributed by atoms with E-state index in [-0.39, 0.29) is 17.1 Å². The van der Waals surface area contributed by atoms with Crippen LogP contribution < -0.4 is 5.32 Å². The van der Waals surface area contributed by atoms with Gasteiger partial charge in [0.2, 0.25) is 5.91 Å². The Bertz CT molecular complexity index is 346. The van der Waals surface area contributed by atoms with Gasteiger partial charge in [-0.05, 0) is 33.7 Å². The van der Waals surface area contributed by atoms with E-state index in [4.69, 9.17) is 5.11 Å². The third kappa shape index (κ3) is 4.19. The standard InChI is InChI=1S/C12H20N2O3/c1-8(9(2)12(16)17)11(15)13-6-7-14(3)10-4-5-10/h10H,4-7H2,1-3H3,(H,13,15)(H,16,17). The highest BCUT2D eigenvalue weighted by Crippen LogP contribution is 2.24. The number of carboxylic acids is 1. The fourth-order valence-electron chi connectivity index (χ4n) is 1.51. The maximum atomic E-state index is 11.6. The normalized spacial score (nSPS) is 16.7. The Morgan fingerprint density at radius 3 is 2.35 bits per heavy atom. The molecule has 1 rings (SSSR count). The molecule has 2 N–H and O–H groups in total. The van der Waals surface area contributed by atoms with Crippen LogP contribution >= 0.6 is 0 Å². The Balaban J connectivity index is 2.33. The third-order valence-electron chi connectivity index (χ3n) is 3.14. The first-order valence-electron chi connectivity index (χ1n) is 5.82. The van der Waals surface area contributed by atoms with Crippen molar-refractivity contribution in [3.8, 4) is 0 Å². The summed E-state index contributed by atoms with van der Waals surface area (Å²) >= 11 is 0. The first kappa shape index (κ1) is 13.7. The van der Waals surface area contributed by atoms with Crippen molar-refractivity contribution in [1.29, 1.82) is 0 Å². The quantitative estimate of drug-likeness (QED) is 0.668. The van der Waals surface area contributed by atoms with Crippen LogP contribution in [0.3, 0.4) is 0 Å². The lowest BCUT2D eigenvalue weighted by Gasteiger charge is -2.15. The summed E-state index contributed by atoms with van der Waals surface area (Å²) in [5.74, 6) is -1.35. The van der Waals surface area contributed by atoms with Crippen molar-refractivity contribution in [1.82, 2.24) is 10.2 Å². The van der Waals surface area contributed by atoms with Gasteiger partial charge < -0.3 is 15.3 Å². The summed E-state index contributed by atoms with van der Waals surface area (Å²) in [7, 11) is 2.04. The average molecular weight is 240 g/mol. The number of hydrogen-bond acceptors (Lipinski definition) is 3. The molecule has 1 amide bonds. The van der Waals surface area contributed by atoms with E-state index in [0.717, 1.165) is 6.54 Å².